The average Bonchev–Trinajstić information content (AvgIpc) is 2.40. The summed E-state index contributed by atoms with van der Waals surface area (Å²) in [6.45, 7) is 3.23. The van der Waals surface area contributed by atoms with E-state index in [2.05, 4.69) is 6.92 Å². The Labute approximate surface area is 112 Å². The molecule has 1 aromatic rings. The Kier molecular flexibility index (Phi) is 3.95. The molecular formula is C14H20N2O3. The van der Waals surface area contributed by atoms with E-state index in [-0.39, 0.29) is 23.4 Å². The van der Waals surface area contributed by atoms with Gasteiger partial charge in [0, 0.05) is 24.7 Å². The highest BCUT2D eigenvalue weighted by Gasteiger charge is 2.31. The number of piperidine rings is 1. The van der Waals surface area contributed by atoms with Crippen LogP contribution in [-0.2, 0) is 0 Å². The van der Waals surface area contributed by atoms with Gasteiger partial charge in [-0.1, -0.05) is 6.92 Å². The standard InChI is InChI=1S/C14H20N2O3/c1-9-3-2-6-16(11(9)8-15)14(19)10-4-5-12(17)13(18)7-10/h4-5,7,9,11,17-18H,2-3,6,8,15H2,1H3. The van der Waals surface area contributed by atoms with Crippen LogP contribution in [0.2, 0.25) is 0 Å². The quantitative estimate of drug-likeness (QED) is 0.703. The molecule has 1 saturated heterocycles. The van der Waals surface area contributed by atoms with Crippen molar-refractivity contribution in [1.82, 2.24) is 4.90 Å². The molecule has 0 bridgehead atoms. The summed E-state index contributed by atoms with van der Waals surface area (Å²) in [7, 11) is 0. The lowest BCUT2D eigenvalue weighted by Gasteiger charge is -2.39. The zero-order valence-electron chi connectivity index (χ0n) is 11.0. The molecule has 4 N–H and O–H groups in total. The minimum atomic E-state index is -0.278. The highest BCUT2D eigenvalue weighted by molar-refractivity contribution is 5.95. The third-order valence-electron chi connectivity index (χ3n) is 3.84. The van der Waals surface area contributed by atoms with Crippen molar-refractivity contribution < 1.29 is 15.0 Å². The van der Waals surface area contributed by atoms with Crippen LogP contribution in [-0.4, -0.2) is 40.2 Å². The van der Waals surface area contributed by atoms with Crippen LogP contribution in [0.1, 0.15) is 30.1 Å². The van der Waals surface area contributed by atoms with Gasteiger partial charge < -0.3 is 20.8 Å². The molecule has 5 nitrogen and oxygen atoms in total. The second kappa shape index (κ2) is 5.48. The number of amides is 1. The summed E-state index contributed by atoms with van der Waals surface area (Å²) in [5.74, 6) is -0.259. The molecule has 0 aliphatic carbocycles. The number of phenolic OH excluding ortho intramolecular Hbond substituents is 2. The zero-order chi connectivity index (χ0) is 14.0. The highest BCUT2D eigenvalue weighted by Crippen LogP contribution is 2.28. The summed E-state index contributed by atoms with van der Waals surface area (Å²) < 4.78 is 0. The Morgan fingerprint density at radius 1 is 1.42 bits per heavy atom. The van der Waals surface area contributed by atoms with Gasteiger partial charge in [0.1, 0.15) is 0 Å². The van der Waals surface area contributed by atoms with Crippen molar-refractivity contribution >= 4 is 5.91 Å². The summed E-state index contributed by atoms with van der Waals surface area (Å²) in [5, 5.41) is 18.8. The molecule has 1 amide bonds. The van der Waals surface area contributed by atoms with Gasteiger partial charge in [-0.2, -0.15) is 0 Å². The van der Waals surface area contributed by atoms with Crippen molar-refractivity contribution in [3.63, 3.8) is 0 Å². The number of nitrogens with zero attached hydrogens (tertiary/aromatic N) is 1. The number of rotatable bonds is 2. The largest absolute Gasteiger partial charge is 0.504 e. The molecule has 0 radical (unpaired) electrons. The minimum absolute atomic E-state index is 0.0391. The Balaban J connectivity index is 2.24. The molecule has 0 aromatic heterocycles. The average molecular weight is 264 g/mol. The van der Waals surface area contributed by atoms with Gasteiger partial charge in [0.15, 0.2) is 11.5 Å². The first kappa shape index (κ1) is 13.7. The molecule has 2 atom stereocenters. The monoisotopic (exact) mass is 264 g/mol. The van der Waals surface area contributed by atoms with Gasteiger partial charge in [-0.25, -0.2) is 0 Å². The van der Waals surface area contributed by atoms with Gasteiger partial charge in [0.2, 0.25) is 0 Å². The van der Waals surface area contributed by atoms with E-state index in [4.69, 9.17) is 5.73 Å². The highest BCUT2D eigenvalue weighted by atomic mass is 16.3. The SMILES string of the molecule is CC1CCCN(C(=O)c2ccc(O)c(O)c2)C1CN. The Hall–Kier alpha value is -1.75. The normalized spacial score (nSPS) is 23.4. The second-order valence-electron chi connectivity index (χ2n) is 5.12. The van der Waals surface area contributed by atoms with Crippen LogP contribution in [0.5, 0.6) is 11.5 Å². The van der Waals surface area contributed by atoms with Crippen molar-refractivity contribution in [1.29, 1.82) is 0 Å². The maximum absolute atomic E-state index is 12.5. The summed E-state index contributed by atoms with van der Waals surface area (Å²) in [4.78, 5) is 14.2. The van der Waals surface area contributed by atoms with E-state index in [1.807, 2.05) is 0 Å². The fraction of sp³-hybridized carbons (Fsp3) is 0.500. The third-order valence-corrected chi connectivity index (χ3v) is 3.84. The first-order chi connectivity index (χ1) is 9.04. The van der Waals surface area contributed by atoms with E-state index in [1.165, 1.54) is 18.2 Å². The molecule has 2 unspecified atom stereocenters. The number of likely N-dealkylation sites (tertiary alicyclic amines) is 1. The van der Waals surface area contributed by atoms with Crippen LogP contribution in [0.3, 0.4) is 0 Å². The number of phenols is 2. The number of carbonyl (C=O) groups is 1. The molecule has 1 fully saturated rings. The van der Waals surface area contributed by atoms with Crippen LogP contribution >= 0.6 is 0 Å². The Bertz CT molecular complexity index is 476. The van der Waals surface area contributed by atoms with E-state index < -0.39 is 0 Å². The van der Waals surface area contributed by atoms with Crippen molar-refractivity contribution in [2.75, 3.05) is 13.1 Å². The number of benzene rings is 1. The second-order valence-corrected chi connectivity index (χ2v) is 5.12. The zero-order valence-corrected chi connectivity index (χ0v) is 11.0. The molecule has 1 aromatic carbocycles. The lowest BCUT2D eigenvalue weighted by molar-refractivity contribution is 0.0532. The lowest BCUT2D eigenvalue weighted by Crippen LogP contribution is -2.51. The Morgan fingerprint density at radius 3 is 2.79 bits per heavy atom. The van der Waals surface area contributed by atoms with Crippen LogP contribution in [0, 0.1) is 5.92 Å². The van der Waals surface area contributed by atoms with Crippen LogP contribution in [0.15, 0.2) is 18.2 Å². The van der Waals surface area contributed by atoms with E-state index in [1.54, 1.807) is 4.90 Å². The van der Waals surface area contributed by atoms with Crippen LogP contribution in [0.4, 0.5) is 0 Å². The molecule has 5 heteroatoms. The topological polar surface area (TPSA) is 86.8 Å². The van der Waals surface area contributed by atoms with Crippen molar-refractivity contribution in [3.05, 3.63) is 23.8 Å². The summed E-state index contributed by atoms with van der Waals surface area (Å²) in [6.07, 6.45) is 2.04. The van der Waals surface area contributed by atoms with E-state index in [0.717, 1.165) is 12.8 Å². The minimum Gasteiger partial charge on any atom is -0.504 e. The predicted molar refractivity (Wildman–Crippen MR) is 72.0 cm³/mol. The molecule has 1 aliphatic rings. The summed E-state index contributed by atoms with van der Waals surface area (Å²) >= 11 is 0. The van der Waals surface area contributed by atoms with Gasteiger partial charge in [0.25, 0.3) is 5.91 Å². The van der Waals surface area contributed by atoms with Crippen molar-refractivity contribution in [3.8, 4) is 11.5 Å². The van der Waals surface area contributed by atoms with E-state index in [0.29, 0.717) is 24.6 Å². The number of carbonyl (C=O) groups excluding carboxylic acids is 1. The molecule has 19 heavy (non-hydrogen) atoms. The molecular weight excluding hydrogens is 244 g/mol. The van der Waals surface area contributed by atoms with Gasteiger partial charge in [-0.05, 0) is 37.0 Å². The molecule has 2 rings (SSSR count). The number of aromatic hydroxyl groups is 2. The van der Waals surface area contributed by atoms with Crippen LogP contribution in [0.25, 0.3) is 0 Å². The molecule has 0 spiro atoms. The first-order valence-corrected chi connectivity index (χ1v) is 6.57. The number of nitrogens with two attached hydrogens (primary N) is 1. The molecule has 1 aliphatic heterocycles. The summed E-state index contributed by atoms with van der Waals surface area (Å²) in [5.41, 5.74) is 6.15. The predicted octanol–water partition coefficient (Wildman–Crippen LogP) is 1.30. The number of hydrogen-bond acceptors (Lipinski definition) is 4. The molecule has 0 saturated carbocycles. The lowest BCUT2D eigenvalue weighted by atomic mass is 9.90. The van der Waals surface area contributed by atoms with Crippen molar-refractivity contribution in [2.24, 2.45) is 11.7 Å². The first-order valence-electron chi connectivity index (χ1n) is 6.57. The van der Waals surface area contributed by atoms with Crippen LogP contribution < -0.4 is 5.73 Å². The fourth-order valence-corrected chi connectivity index (χ4v) is 2.68. The maximum Gasteiger partial charge on any atom is 0.254 e. The van der Waals surface area contributed by atoms with Crippen molar-refractivity contribution in [2.45, 2.75) is 25.8 Å². The molecule has 104 valence electrons. The fourth-order valence-electron chi connectivity index (χ4n) is 2.68. The summed E-state index contributed by atoms with van der Waals surface area (Å²) in [6, 6.07) is 4.18. The maximum atomic E-state index is 12.5. The van der Waals surface area contributed by atoms with Gasteiger partial charge >= 0.3 is 0 Å². The van der Waals surface area contributed by atoms with Gasteiger partial charge in [-0.3, -0.25) is 4.79 Å². The van der Waals surface area contributed by atoms with Gasteiger partial charge in [-0.15, -0.1) is 0 Å². The Morgan fingerprint density at radius 2 is 2.16 bits per heavy atom. The van der Waals surface area contributed by atoms with E-state index >= 15 is 0 Å². The number of hydrogen-bond donors (Lipinski definition) is 3. The molecule has 1 heterocycles. The smallest absolute Gasteiger partial charge is 0.254 e. The van der Waals surface area contributed by atoms with Gasteiger partial charge in [0.05, 0.1) is 0 Å². The third kappa shape index (κ3) is 2.66. The van der Waals surface area contributed by atoms with E-state index in [9.17, 15) is 15.0 Å².